The van der Waals surface area contributed by atoms with Crippen LogP contribution < -0.4 is 5.73 Å². The molecule has 0 unspecified atom stereocenters. The Labute approximate surface area is 75.0 Å². The molecule has 0 aliphatic carbocycles. The van der Waals surface area contributed by atoms with E-state index in [0.29, 0.717) is 5.56 Å². The number of methoxy groups -OCH3 is 1. The highest BCUT2D eigenvalue weighted by Gasteiger charge is 2.07. The number of nitrogens with one attached hydrogen (secondary N) is 1. The van der Waals surface area contributed by atoms with E-state index in [0.717, 1.165) is 0 Å². The molecule has 3 N–H and O–H groups in total. The van der Waals surface area contributed by atoms with Crippen molar-refractivity contribution in [2.75, 3.05) is 7.11 Å². The molecule has 0 spiro atoms. The Morgan fingerprint density at radius 2 is 2.15 bits per heavy atom. The van der Waals surface area contributed by atoms with Crippen LogP contribution in [-0.2, 0) is 4.74 Å². The van der Waals surface area contributed by atoms with Crippen molar-refractivity contribution >= 4 is 11.8 Å². The topological polar surface area (TPSA) is 89.1 Å². The van der Waals surface area contributed by atoms with Crippen molar-refractivity contribution in [1.82, 2.24) is 4.98 Å². The number of rotatable bonds is 2. The molecular weight excluding hydrogens is 170 g/mol. The van der Waals surface area contributed by atoms with Crippen molar-refractivity contribution < 1.29 is 9.53 Å². The zero-order valence-electron chi connectivity index (χ0n) is 7.07. The predicted octanol–water partition coefficient (Wildman–Crippen LogP) is 0.152. The summed E-state index contributed by atoms with van der Waals surface area (Å²) in [6.07, 6.45) is 2.77. The standard InChI is InChI=1S/C8H9N3O2/c1-13-8(12)6-2-5(7(9)10)3-11-4-6/h2-4H,1H3,(H3,9,10). The summed E-state index contributed by atoms with van der Waals surface area (Å²) in [5, 5.41) is 7.12. The van der Waals surface area contributed by atoms with Crippen molar-refractivity contribution in [2.45, 2.75) is 0 Å². The lowest BCUT2D eigenvalue weighted by Gasteiger charge is -2.00. The van der Waals surface area contributed by atoms with Gasteiger partial charge in [0.1, 0.15) is 5.84 Å². The summed E-state index contributed by atoms with van der Waals surface area (Å²) < 4.78 is 4.48. The fourth-order valence-electron chi connectivity index (χ4n) is 0.817. The molecule has 0 bridgehead atoms. The minimum atomic E-state index is -0.490. The van der Waals surface area contributed by atoms with Crippen LogP contribution in [0.4, 0.5) is 0 Å². The molecule has 0 saturated heterocycles. The molecule has 0 aliphatic rings. The van der Waals surface area contributed by atoms with E-state index < -0.39 is 5.97 Å². The molecule has 1 aromatic rings. The van der Waals surface area contributed by atoms with Crippen LogP contribution in [0, 0.1) is 5.41 Å². The lowest BCUT2D eigenvalue weighted by molar-refractivity contribution is 0.0600. The zero-order valence-corrected chi connectivity index (χ0v) is 7.07. The normalized spacial score (nSPS) is 9.31. The van der Waals surface area contributed by atoms with Gasteiger partial charge in [0.05, 0.1) is 12.7 Å². The predicted molar refractivity (Wildman–Crippen MR) is 46.6 cm³/mol. The number of nitrogens with two attached hydrogens (primary N) is 1. The average molecular weight is 179 g/mol. The molecular formula is C8H9N3O2. The molecule has 0 atom stereocenters. The lowest BCUT2D eigenvalue weighted by atomic mass is 10.2. The second-order valence-corrected chi connectivity index (χ2v) is 2.37. The van der Waals surface area contributed by atoms with E-state index in [4.69, 9.17) is 11.1 Å². The van der Waals surface area contributed by atoms with Gasteiger partial charge in [-0.05, 0) is 6.07 Å². The number of hydrogen-bond acceptors (Lipinski definition) is 4. The van der Waals surface area contributed by atoms with Crippen molar-refractivity contribution in [3.63, 3.8) is 0 Å². The number of hydrogen-bond donors (Lipinski definition) is 2. The molecule has 0 saturated carbocycles. The highest BCUT2D eigenvalue weighted by Crippen LogP contribution is 2.02. The number of ether oxygens (including phenoxy) is 1. The third kappa shape index (κ3) is 2.02. The Kier molecular flexibility index (Phi) is 2.59. The fraction of sp³-hybridized carbons (Fsp3) is 0.125. The Morgan fingerprint density at radius 3 is 2.69 bits per heavy atom. The van der Waals surface area contributed by atoms with E-state index >= 15 is 0 Å². The molecule has 1 aromatic heterocycles. The quantitative estimate of drug-likeness (QED) is 0.384. The van der Waals surface area contributed by atoms with Gasteiger partial charge < -0.3 is 10.5 Å². The highest BCUT2D eigenvalue weighted by molar-refractivity contribution is 5.97. The molecule has 1 rings (SSSR count). The SMILES string of the molecule is COC(=O)c1cncc(C(=N)N)c1. The van der Waals surface area contributed by atoms with E-state index in [1.807, 2.05) is 0 Å². The monoisotopic (exact) mass is 179 g/mol. The molecule has 5 nitrogen and oxygen atoms in total. The molecule has 68 valence electrons. The average Bonchev–Trinajstić information content (AvgIpc) is 2.17. The molecule has 13 heavy (non-hydrogen) atoms. The number of nitrogens with zero attached hydrogens (tertiary/aromatic N) is 1. The Bertz CT molecular complexity index is 349. The summed E-state index contributed by atoms with van der Waals surface area (Å²) in [7, 11) is 1.28. The zero-order chi connectivity index (χ0) is 9.84. The molecule has 0 amide bonds. The number of amidine groups is 1. The first-order valence-electron chi connectivity index (χ1n) is 3.53. The molecule has 1 heterocycles. The van der Waals surface area contributed by atoms with E-state index in [1.54, 1.807) is 0 Å². The first kappa shape index (κ1) is 9.18. The highest BCUT2D eigenvalue weighted by atomic mass is 16.5. The van der Waals surface area contributed by atoms with Gasteiger partial charge in [0.15, 0.2) is 0 Å². The number of aromatic nitrogens is 1. The molecule has 0 fully saturated rings. The van der Waals surface area contributed by atoms with Crippen LogP contribution in [0.25, 0.3) is 0 Å². The van der Waals surface area contributed by atoms with Crippen LogP contribution in [0.1, 0.15) is 15.9 Å². The van der Waals surface area contributed by atoms with Gasteiger partial charge in [0.2, 0.25) is 0 Å². The van der Waals surface area contributed by atoms with Gasteiger partial charge in [-0.15, -0.1) is 0 Å². The van der Waals surface area contributed by atoms with Crippen LogP contribution in [0.5, 0.6) is 0 Å². The van der Waals surface area contributed by atoms with Crippen LogP contribution in [0.3, 0.4) is 0 Å². The van der Waals surface area contributed by atoms with Crippen LogP contribution in [0.2, 0.25) is 0 Å². The van der Waals surface area contributed by atoms with Gasteiger partial charge in [0, 0.05) is 18.0 Å². The number of esters is 1. The van der Waals surface area contributed by atoms with Crippen LogP contribution >= 0.6 is 0 Å². The second kappa shape index (κ2) is 3.66. The molecule has 0 aromatic carbocycles. The third-order valence-corrected chi connectivity index (χ3v) is 1.47. The number of pyridine rings is 1. The van der Waals surface area contributed by atoms with Gasteiger partial charge >= 0.3 is 5.97 Å². The van der Waals surface area contributed by atoms with Gasteiger partial charge in [-0.3, -0.25) is 10.4 Å². The molecule has 0 aliphatic heterocycles. The first-order chi connectivity index (χ1) is 6.15. The Balaban J connectivity index is 3.05. The van der Waals surface area contributed by atoms with Gasteiger partial charge in [-0.1, -0.05) is 0 Å². The summed E-state index contributed by atoms with van der Waals surface area (Å²) in [6, 6.07) is 1.46. The first-order valence-corrected chi connectivity index (χ1v) is 3.53. The van der Waals surface area contributed by atoms with Crippen molar-refractivity contribution in [2.24, 2.45) is 5.73 Å². The smallest absolute Gasteiger partial charge is 0.339 e. The maximum absolute atomic E-state index is 11.0. The minimum Gasteiger partial charge on any atom is -0.465 e. The summed E-state index contributed by atoms with van der Waals surface area (Å²) in [4.78, 5) is 14.8. The van der Waals surface area contributed by atoms with Gasteiger partial charge in [-0.25, -0.2) is 4.79 Å². The van der Waals surface area contributed by atoms with Gasteiger partial charge in [-0.2, -0.15) is 0 Å². The Hall–Kier alpha value is -1.91. The van der Waals surface area contributed by atoms with E-state index in [9.17, 15) is 4.79 Å². The van der Waals surface area contributed by atoms with Crippen molar-refractivity contribution in [3.8, 4) is 0 Å². The van der Waals surface area contributed by atoms with Gasteiger partial charge in [0.25, 0.3) is 0 Å². The maximum Gasteiger partial charge on any atom is 0.339 e. The summed E-state index contributed by atoms with van der Waals surface area (Å²) >= 11 is 0. The largest absolute Gasteiger partial charge is 0.465 e. The van der Waals surface area contributed by atoms with E-state index in [2.05, 4.69) is 9.72 Å². The number of carbonyl (C=O) groups excluding carboxylic acids is 1. The second-order valence-electron chi connectivity index (χ2n) is 2.37. The Morgan fingerprint density at radius 1 is 1.54 bits per heavy atom. The summed E-state index contributed by atoms with van der Waals surface area (Å²) in [5.74, 6) is -0.617. The summed E-state index contributed by atoms with van der Waals surface area (Å²) in [5.41, 5.74) is 5.91. The van der Waals surface area contributed by atoms with E-state index in [1.165, 1.54) is 25.6 Å². The fourth-order valence-corrected chi connectivity index (χ4v) is 0.817. The lowest BCUT2D eigenvalue weighted by Crippen LogP contribution is -2.13. The molecule has 0 radical (unpaired) electrons. The summed E-state index contributed by atoms with van der Waals surface area (Å²) in [6.45, 7) is 0. The third-order valence-electron chi connectivity index (χ3n) is 1.47. The minimum absolute atomic E-state index is 0.127. The van der Waals surface area contributed by atoms with Crippen molar-refractivity contribution in [1.29, 1.82) is 5.41 Å². The number of carbonyl (C=O) groups is 1. The van der Waals surface area contributed by atoms with Crippen LogP contribution in [-0.4, -0.2) is 23.9 Å². The molecule has 5 heteroatoms. The maximum atomic E-state index is 11.0. The van der Waals surface area contributed by atoms with Crippen molar-refractivity contribution in [3.05, 3.63) is 29.6 Å². The van der Waals surface area contributed by atoms with E-state index in [-0.39, 0.29) is 11.4 Å². The van der Waals surface area contributed by atoms with Crippen LogP contribution in [0.15, 0.2) is 18.5 Å². The number of nitrogen functional groups attached to an aromatic ring is 1.